The fraction of sp³-hybridized carbons (Fsp3) is 0.455. The second kappa shape index (κ2) is 5.11. The molecule has 2 rings (SSSR count). The number of amides is 1. The Kier molecular flexibility index (Phi) is 3.72. The number of β-amino-alcohol motifs (C(OH)–C–C–N with tert-alkyl or cyclic N) is 1. The van der Waals surface area contributed by atoms with Crippen molar-refractivity contribution in [2.75, 3.05) is 13.7 Å². The summed E-state index contributed by atoms with van der Waals surface area (Å²) in [6.07, 6.45) is -0.545. The molecule has 2 atom stereocenters. The molecule has 1 N–H and O–H groups in total. The van der Waals surface area contributed by atoms with Crippen LogP contribution in [0.4, 0.5) is 0 Å². The summed E-state index contributed by atoms with van der Waals surface area (Å²) in [7, 11) is 1.25. The first-order valence-electron chi connectivity index (χ1n) is 5.35. The molecule has 1 aromatic rings. The van der Waals surface area contributed by atoms with Crippen molar-refractivity contribution in [1.82, 2.24) is 4.90 Å². The fourth-order valence-electron chi connectivity index (χ4n) is 1.97. The van der Waals surface area contributed by atoms with Crippen LogP contribution in [0.3, 0.4) is 0 Å². The third-order valence-electron chi connectivity index (χ3n) is 2.80. The van der Waals surface area contributed by atoms with Crippen LogP contribution in [0.15, 0.2) is 21.2 Å². The van der Waals surface area contributed by atoms with E-state index in [1.54, 1.807) is 6.07 Å². The number of aliphatic hydroxyl groups is 1. The van der Waals surface area contributed by atoms with Gasteiger partial charge in [-0.3, -0.25) is 4.79 Å². The largest absolute Gasteiger partial charge is 0.467 e. The van der Waals surface area contributed by atoms with E-state index < -0.39 is 24.0 Å². The minimum Gasteiger partial charge on any atom is -0.467 e. The molecular formula is C11H12BrNO5. The molecule has 1 fully saturated rings. The number of carbonyl (C=O) groups is 2. The van der Waals surface area contributed by atoms with Crippen LogP contribution in [0, 0.1) is 0 Å². The predicted octanol–water partition coefficient (Wildman–Crippen LogP) is 0.790. The molecule has 1 saturated heterocycles. The number of aliphatic hydroxyl groups excluding tert-OH is 1. The van der Waals surface area contributed by atoms with Gasteiger partial charge in [-0.15, -0.1) is 0 Å². The number of rotatable bonds is 2. The number of furan rings is 1. The van der Waals surface area contributed by atoms with Crippen LogP contribution in [-0.2, 0) is 9.53 Å². The van der Waals surface area contributed by atoms with Crippen LogP contribution in [0.1, 0.15) is 17.0 Å². The van der Waals surface area contributed by atoms with E-state index in [1.165, 1.54) is 18.1 Å². The van der Waals surface area contributed by atoms with Gasteiger partial charge in [-0.25, -0.2) is 4.79 Å². The van der Waals surface area contributed by atoms with E-state index in [0.29, 0.717) is 4.67 Å². The summed E-state index contributed by atoms with van der Waals surface area (Å²) in [4.78, 5) is 24.9. The molecule has 0 radical (unpaired) electrons. The lowest BCUT2D eigenvalue weighted by molar-refractivity contribution is -0.145. The number of halogens is 1. The van der Waals surface area contributed by atoms with Crippen molar-refractivity contribution in [3.05, 3.63) is 22.6 Å². The fourth-order valence-corrected chi connectivity index (χ4v) is 2.28. The maximum atomic E-state index is 12.1. The van der Waals surface area contributed by atoms with Crippen molar-refractivity contribution in [3.8, 4) is 0 Å². The van der Waals surface area contributed by atoms with Gasteiger partial charge in [-0.05, 0) is 28.1 Å². The Hall–Kier alpha value is -1.34. The highest BCUT2D eigenvalue weighted by atomic mass is 79.9. The highest BCUT2D eigenvalue weighted by Gasteiger charge is 2.40. The van der Waals surface area contributed by atoms with Crippen molar-refractivity contribution < 1.29 is 23.8 Å². The summed E-state index contributed by atoms with van der Waals surface area (Å²) < 4.78 is 10.2. The molecule has 0 bridgehead atoms. The molecule has 0 aliphatic carbocycles. The van der Waals surface area contributed by atoms with Crippen LogP contribution in [0.25, 0.3) is 0 Å². The Morgan fingerprint density at radius 2 is 2.28 bits per heavy atom. The summed E-state index contributed by atoms with van der Waals surface area (Å²) in [5.74, 6) is -0.858. The lowest BCUT2D eigenvalue weighted by Gasteiger charge is -2.20. The quantitative estimate of drug-likeness (QED) is 0.816. The van der Waals surface area contributed by atoms with Gasteiger partial charge in [-0.1, -0.05) is 0 Å². The monoisotopic (exact) mass is 317 g/mol. The van der Waals surface area contributed by atoms with Gasteiger partial charge >= 0.3 is 5.97 Å². The first-order valence-corrected chi connectivity index (χ1v) is 6.14. The minimum atomic E-state index is -0.763. The van der Waals surface area contributed by atoms with Gasteiger partial charge in [0.05, 0.1) is 13.2 Å². The van der Waals surface area contributed by atoms with Crippen molar-refractivity contribution in [3.63, 3.8) is 0 Å². The van der Waals surface area contributed by atoms with Crippen LogP contribution in [-0.4, -0.2) is 47.7 Å². The molecule has 1 aliphatic rings. The van der Waals surface area contributed by atoms with Crippen LogP contribution >= 0.6 is 15.9 Å². The average molecular weight is 318 g/mol. The second-order valence-corrected chi connectivity index (χ2v) is 4.77. The van der Waals surface area contributed by atoms with Crippen molar-refractivity contribution >= 4 is 27.8 Å². The molecule has 18 heavy (non-hydrogen) atoms. The minimum absolute atomic E-state index is 0.0942. The predicted molar refractivity (Wildman–Crippen MR) is 63.9 cm³/mol. The zero-order valence-electron chi connectivity index (χ0n) is 9.63. The van der Waals surface area contributed by atoms with E-state index in [2.05, 4.69) is 20.7 Å². The Labute approximate surface area is 112 Å². The van der Waals surface area contributed by atoms with Crippen molar-refractivity contribution in [1.29, 1.82) is 0 Å². The first-order chi connectivity index (χ1) is 8.52. The highest BCUT2D eigenvalue weighted by Crippen LogP contribution is 2.23. The van der Waals surface area contributed by atoms with Gasteiger partial charge in [0.1, 0.15) is 6.04 Å². The Balaban J connectivity index is 2.20. The number of methoxy groups -OCH3 is 1. The SMILES string of the molecule is COC(=O)C1CC(O)CN1C(=O)c1ccc(Br)o1. The molecule has 6 nitrogen and oxygen atoms in total. The van der Waals surface area contributed by atoms with Crippen LogP contribution in [0.5, 0.6) is 0 Å². The van der Waals surface area contributed by atoms with E-state index in [-0.39, 0.29) is 18.7 Å². The molecule has 2 heterocycles. The molecule has 7 heteroatoms. The van der Waals surface area contributed by atoms with E-state index in [1.807, 2.05) is 0 Å². The number of hydrogen-bond acceptors (Lipinski definition) is 5. The van der Waals surface area contributed by atoms with Crippen LogP contribution < -0.4 is 0 Å². The average Bonchev–Trinajstić information content (AvgIpc) is 2.93. The Bertz CT molecular complexity index is 472. The van der Waals surface area contributed by atoms with E-state index in [9.17, 15) is 14.7 Å². The standard InChI is InChI=1S/C11H12BrNO5/c1-17-11(16)7-4-6(14)5-13(7)10(15)8-2-3-9(12)18-8/h2-3,6-7,14H,4-5H2,1H3. The van der Waals surface area contributed by atoms with Crippen molar-refractivity contribution in [2.24, 2.45) is 0 Å². The number of carbonyl (C=O) groups excluding carboxylic acids is 2. The Morgan fingerprint density at radius 1 is 1.56 bits per heavy atom. The van der Waals surface area contributed by atoms with Gasteiger partial charge in [0.15, 0.2) is 10.4 Å². The van der Waals surface area contributed by atoms with E-state index in [4.69, 9.17) is 4.42 Å². The normalized spacial score (nSPS) is 23.2. The number of likely N-dealkylation sites (tertiary alicyclic amines) is 1. The summed E-state index contributed by atoms with van der Waals surface area (Å²) >= 11 is 3.10. The molecule has 2 unspecified atom stereocenters. The molecule has 0 aromatic carbocycles. The van der Waals surface area contributed by atoms with Crippen LogP contribution in [0.2, 0.25) is 0 Å². The molecule has 0 saturated carbocycles. The van der Waals surface area contributed by atoms with Crippen molar-refractivity contribution in [2.45, 2.75) is 18.6 Å². The summed E-state index contributed by atoms with van der Waals surface area (Å²) in [5, 5.41) is 9.57. The molecule has 0 spiro atoms. The molecule has 1 aliphatic heterocycles. The summed E-state index contributed by atoms with van der Waals surface area (Å²) in [6, 6.07) is 2.33. The lowest BCUT2D eigenvalue weighted by Crippen LogP contribution is -2.41. The summed E-state index contributed by atoms with van der Waals surface area (Å²) in [6.45, 7) is 0.0942. The third kappa shape index (κ3) is 2.41. The smallest absolute Gasteiger partial charge is 0.328 e. The number of nitrogens with zero attached hydrogens (tertiary/aromatic N) is 1. The van der Waals surface area contributed by atoms with Gasteiger partial charge in [0.25, 0.3) is 5.91 Å². The van der Waals surface area contributed by atoms with Gasteiger partial charge in [0.2, 0.25) is 0 Å². The maximum absolute atomic E-state index is 12.1. The zero-order chi connectivity index (χ0) is 13.3. The zero-order valence-corrected chi connectivity index (χ0v) is 11.2. The number of esters is 1. The van der Waals surface area contributed by atoms with Gasteiger partial charge in [-0.2, -0.15) is 0 Å². The second-order valence-electron chi connectivity index (χ2n) is 3.99. The van der Waals surface area contributed by atoms with Gasteiger partial charge < -0.3 is 19.2 Å². The molecule has 1 aromatic heterocycles. The lowest BCUT2D eigenvalue weighted by atomic mass is 10.2. The number of ether oxygens (including phenoxy) is 1. The van der Waals surface area contributed by atoms with Gasteiger partial charge in [0, 0.05) is 13.0 Å². The van der Waals surface area contributed by atoms with E-state index in [0.717, 1.165) is 0 Å². The maximum Gasteiger partial charge on any atom is 0.328 e. The summed E-state index contributed by atoms with van der Waals surface area (Å²) in [5.41, 5.74) is 0. The Morgan fingerprint density at radius 3 is 2.83 bits per heavy atom. The highest BCUT2D eigenvalue weighted by molar-refractivity contribution is 9.10. The van der Waals surface area contributed by atoms with E-state index >= 15 is 0 Å². The number of hydrogen-bond donors (Lipinski definition) is 1. The molecule has 1 amide bonds. The topological polar surface area (TPSA) is 80.0 Å². The molecule has 98 valence electrons. The third-order valence-corrected chi connectivity index (χ3v) is 3.22. The molecular weight excluding hydrogens is 306 g/mol. The first kappa shape index (κ1) is 13.1.